The molecule has 2 aromatic rings. The number of thioether (sulfide) groups is 1. The maximum absolute atomic E-state index is 12.9. The van der Waals surface area contributed by atoms with Gasteiger partial charge >= 0.3 is 5.97 Å². The average Bonchev–Trinajstić information content (AvgIpc) is 3.08. The van der Waals surface area contributed by atoms with Crippen molar-refractivity contribution in [3.8, 4) is 0 Å². The number of carbonyl (C=O) groups excluding carboxylic acids is 4. The molecule has 7 nitrogen and oxygen atoms in total. The molecule has 1 aliphatic heterocycles. The number of benzene rings is 2. The first-order valence-corrected chi connectivity index (χ1v) is 12.3. The molecule has 33 heavy (non-hydrogen) atoms. The normalized spacial score (nSPS) is 14.6. The summed E-state index contributed by atoms with van der Waals surface area (Å²) in [5, 5.41) is 2.80. The van der Waals surface area contributed by atoms with Gasteiger partial charge in [0.1, 0.15) is 6.04 Å². The molecule has 0 spiro atoms. The molecule has 0 saturated carbocycles. The van der Waals surface area contributed by atoms with E-state index in [0.717, 1.165) is 16.9 Å². The molecule has 0 saturated heterocycles. The molecule has 2 unspecified atom stereocenters. The number of rotatable bonds is 10. The van der Waals surface area contributed by atoms with Crippen molar-refractivity contribution in [1.29, 1.82) is 0 Å². The third-order valence-corrected chi connectivity index (χ3v) is 6.26. The molecule has 0 aromatic heterocycles. The quantitative estimate of drug-likeness (QED) is 0.424. The van der Waals surface area contributed by atoms with Crippen LogP contribution in [0.25, 0.3) is 0 Å². The summed E-state index contributed by atoms with van der Waals surface area (Å²) >= 11 is 1.49. The molecule has 3 rings (SSSR count). The van der Waals surface area contributed by atoms with Crippen molar-refractivity contribution >= 4 is 35.5 Å². The minimum atomic E-state index is -1.09. The highest BCUT2D eigenvalue weighted by molar-refractivity contribution is 7.98. The van der Waals surface area contributed by atoms with Crippen molar-refractivity contribution < 1.29 is 23.9 Å². The summed E-state index contributed by atoms with van der Waals surface area (Å²) in [5.41, 5.74) is 2.68. The molecule has 1 aliphatic rings. The predicted molar refractivity (Wildman–Crippen MR) is 127 cm³/mol. The van der Waals surface area contributed by atoms with E-state index < -0.39 is 36.3 Å². The number of imide groups is 1. The maximum atomic E-state index is 12.9. The summed E-state index contributed by atoms with van der Waals surface area (Å²) < 4.78 is 5.24. The second-order valence-corrected chi connectivity index (χ2v) is 8.80. The van der Waals surface area contributed by atoms with Gasteiger partial charge in [-0.25, -0.2) is 4.79 Å². The molecule has 8 heteroatoms. The zero-order valence-electron chi connectivity index (χ0n) is 19.0. The Labute approximate surface area is 197 Å². The van der Waals surface area contributed by atoms with Crippen LogP contribution in [-0.2, 0) is 20.7 Å². The molecule has 0 radical (unpaired) electrons. The van der Waals surface area contributed by atoms with Crippen LogP contribution in [0.3, 0.4) is 0 Å². The molecule has 174 valence electrons. The molecule has 1 N–H and O–H groups in total. The average molecular weight is 469 g/mol. The molecule has 3 amide bonds. The second kappa shape index (κ2) is 11.1. The van der Waals surface area contributed by atoms with Crippen LogP contribution in [0.1, 0.15) is 58.2 Å². The summed E-state index contributed by atoms with van der Waals surface area (Å²) in [6.45, 7) is 3.43. The lowest BCUT2D eigenvalue weighted by atomic mass is 10.1. The lowest BCUT2D eigenvalue weighted by Gasteiger charge is -2.24. The minimum absolute atomic E-state index is 0.243. The van der Waals surface area contributed by atoms with Gasteiger partial charge in [0, 0.05) is 0 Å². The van der Waals surface area contributed by atoms with Crippen molar-refractivity contribution in [3.63, 3.8) is 0 Å². The summed E-state index contributed by atoms with van der Waals surface area (Å²) in [5.74, 6) is -1.72. The van der Waals surface area contributed by atoms with Crippen molar-refractivity contribution in [2.24, 2.45) is 0 Å². The number of carbonyl (C=O) groups is 4. The van der Waals surface area contributed by atoms with Gasteiger partial charge in [0.25, 0.3) is 17.7 Å². The smallest absolute Gasteiger partial charge is 0.329 e. The molecule has 2 aromatic carbocycles. The Bertz CT molecular complexity index is 1000. The second-order valence-electron chi connectivity index (χ2n) is 7.82. The minimum Gasteiger partial charge on any atom is -0.454 e. The highest BCUT2D eigenvalue weighted by Gasteiger charge is 2.43. The van der Waals surface area contributed by atoms with E-state index in [9.17, 15) is 19.2 Å². The first-order valence-electron chi connectivity index (χ1n) is 10.9. The Hall–Kier alpha value is -3.13. The Morgan fingerprint density at radius 1 is 1.03 bits per heavy atom. The predicted octanol–water partition coefficient (Wildman–Crippen LogP) is 3.39. The summed E-state index contributed by atoms with van der Waals surface area (Å²) in [6.07, 6.45) is 3.04. The van der Waals surface area contributed by atoms with Gasteiger partial charge < -0.3 is 10.1 Å². The van der Waals surface area contributed by atoms with Crippen LogP contribution in [0.2, 0.25) is 0 Å². The zero-order chi connectivity index (χ0) is 24.0. The molecule has 0 fully saturated rings. The third-order valence-electron chi connectivity index (χ3n) is 5.62. The number of hydrogen-bond acceptors (Lipinski definition) is 6. The number of nitrogens with one attached hydrogen (secondary N) is 1. The summed E-state index contributed by atoms with van der Waals surface area (Å²) in [4.78, 5) is 51.8. The van der Waals surface area contributed by atoms with E-state index in [1.165, 1.54) is 17.3 Å². The van der Waals surface area contributed by atoms with E-state index in [1.807, 2.05) is 37.4 Å². The van der Waals surface area contributed by atoms with Gasteiger partial charge in [-0.2, -0.15) is 11.8 Å². The number of amides is 3. The molecule has 1 heterocycles. The SMILES string of the molecule is CCc1ccc(C(C)NC(=O)COC(=O)C(CCSC)N2C(=O)c3ccccc3C2=O)cc1. The number of ether oxygens (including phenoxy) is 1. The number of nitrogens with zero attached hydrogens (tertiary/aromatic N) is 1. The van der Waals surface area contributed by atoms with Crippen molar-refractivity contribution in [1.82, 2.24) is 10.2 Å². The van der Waals surface area contributed by atoms with Crippen molar-refractivity contribution in [2.45, 2.75) is 38.8 Å². The van der Waals surface area contributed by atoms with Crippen LogP contribution in [-0.4, -0.2) is 53.2 Å². The fourth-order valence-corrected chi connectivity index (χ4v) is 4.17. The van der Waals surface area contributed by atoms with E-state index in [2.05, 4.69) is 12.2 Å². The highest BCUT2D eigenvalue weighted by Crippen LogP contribution is 2.26. The zero-order valence-corrected chi connectivity index (χ0v) is 19.8. The molecule has 2 atom stereocenters. The largest absolute Gasteiger partial charge is 0.454 e. The molecular formula is C25H28N2O5S. The van der Waals surface area contributed by atoms with Crippen LogP contribution in [0.4, 0.5) is 0 Å². The van der Waals surface area contributed by atoms with Gasteiger partial charge in [-0.05, 0) is 55.0 Å². The van der Waals surface area contributed by atoms with Crippen LogP contribution < -0.4 is 5.32 Å². The fraction of sp³-hybridized carbons (Fsp3) is 0.360. The number of aryl methyl sites for hydroxylation is 1. The first kappa shape index (κ1) is 24.5. The molecule has 0 bridgehead atoms. The Morgan fingerprint density at radius 2 is 1.64 bits per heavy atom. The van der Waals surface area contributed by atoms with E-state index in [-0.39, 0.29) is 23.6 Å². The van der Waals surface area contributed by atoms with E-state index in [1.54, 1.807) is 24.3 Å². The number of fused-ring (bicyclic) bond motifs is 1. The monoisotopic (exact) mass is 468 g/mol. The molecule has 0 aliphatic carbocycles. The maximum Gasteiger partial charge on any atom is 0.329 e. The van der Waals surface area contributed by atoms with E-state index in [0.29, 0.717) is 5.75 Å². The lowest BCUT2D eigenvalue weighted by Crippen LogP contribution is -2.46. The van der Waals surface area contributed by atoms with Crippen LogP contribution in [0.15, 0.2) is 48.5 Å². The van der Waals surface area contributed by atoms with Crippen LogP contribution in [0, 0.1) is 0 Å². The van der Waals surface area contributed by atoms with Crippen molar-refractivity contribution in [3.05, 3.63) is 70.8 Å². The van der Waals surface area contributed by atoms with Gasteiger partial charge in [-0.15, -0.1) is 0 Å². The number of esters is 1. The summed E-state index contributed by atoms with van der Waals surface area (Å²) in [6, 6.07) is 13.1. The Morgan fingerprint density at radius 3 is 2.18 bits per heavy atom. The van der Waals surface area contributed by atoms with Gasteiger partial charge in [-0.3, -0.25) is 19.3 Å². The van der Waals surface area contributed by atoms with E-state index in [4.69, 9.17) is 4.74 Å². The van der Waals surface area contributed by atoms with E-state index >= 15 is 0 Å². The van der Waals surface area contributed by atoms with Crippen molar-refractivity contribution in [2.75, 3.05) is 18.6 Å². The van der Waals surface area contributed by atoms with Crippen LogP contribution >= 0.6 is 11.8 Å². The Balaban J connectivity index is 1.62. The van der Waals surface area contributed by atoms with Gasteiger partial charge in [0.05, 0.1) is 17.2 Å². The highest BCUT2D eigenvalue weighted by atomic mass is 32.2. The van der Waals surface area contributed by atoms with Crippen LogP contribution in [0.5, 0.6) is 0 Å². The first-order chi connectivity index (χ1) is 15.9. The fourth-order valence-electron chi connectivity index (χ4n) is 3.71. The summed E-state index contributed by atoms with van der Waals surface area (Å²) in [7, 11) is 0. The third kappa shape index (κ3) is 5.63. The van der Waals surface area contributed by atoms with Gasteiger partial charge in [0.15, 0.2) is 6.61 Å². The standard InChI is InChI=1S/C25H28N2O5S/c1-4-17-9-11-18(12-10-17)16(2)26-22(28)15-32-25(31)21(13-14-33-3)27-23(29)19-7-5-6-8-20(19)24(27)30/h5-12,16,21H,4,13-15H2,1-3H3,(H,26,28). The lowest BCUT2D eigenvalue weighted by molar-refractivity contribution is -0.152. The molecular weight excluding hydrogens is 440 g/mol. The number of hydrogen-bond donors (Lipinski definition) is 1. The van der Waals surface area contributed by atoms with Gasteiger partial charge in [-0.1, -0.05) is 43.3 Å². The Kier molecular flexibility index (Phi) is 8.27. The topological polar surface area (TPSA) is 92.8 Å². The van der Waals surface area contributed by atoms with Gasteiger partial charge in [0.2, 0.25) is 0 Å².